The Hall–Kier alpha value is -1.89. The van der Waals surface area contributed by atoms with Gasteiger partial charge in [-0.2, -0.15) is 13.2 Å². The fraction of sp³-hybridized carbons (Fsp3) is 0.333. The smallest absolute Gasteiger partial charge is 0.372 e. The van der Waals surface area contributed by atoms with E-state index in [-0.39, 0.29) is 13.0 Å². The van der Waals surface area contributed by atoms with Crippen LogP contribution in [0.3, 0.4) is 0 Å². The second-order valence-corrected chi connectivity index (χ2v) is 3.71. The number of aldehydes is 1. The number of benzene rings is 1. The van der Waals surface area contributed by atoms with Crippen LogP contribution in [0, 0.1) is 0 Å². The number of alkyl halides is 3. The van der Waals surface area contributed by atoms with Gasteiger partial charge in [0.1, 0.15) is 12.9 Å². The van der Waals surface area contributed by atoms with E-state index in [0.717, 1.165) is 0 Å². The summed E-state index contributed by atoms with van der Waals surface area (Å²) in [4.78, 5) is 21.7. The maximum absolute atomic E-state index is 11.7. The molecule has 1 rings (SSSR count). The Balaban J connectivity index is 2.28. The molecule has 0 fully saturated rings. The van der Waals surface area contributed by atoms with Crippen molar-refractivity contribution in [2.45, 2.75) is 12.6 Å². The number of rotatable bonds is 6. The van der Waals surface area contributed by atoms with Crippen LogP contribution in [0.4, 0.5) is 18.9 Å². The van der Waals surface area contributed by atoms with E-state index in [1.165, 1.54) is 24.3 Å². The van der Waals surface area contributed by atoms with Gasteiger partial charge in [0.25, 0.3) is 0 Å². The molecule has 1 aromatic rings. The molecule has 0 aromatic heterocycles. The maximum atomic E-state index is 11.7. The summed E-state index contributed by atoms with van der Waals surface area (Å²) in [7, 11) is 0. The number of ether oxygens (including phenoxy) is 1. The molecular weight excluding hydrogens is 263 g/mol. The van der Waals surface area contributed by atoms with E-state index in [9.17, 15) is 22.8 Å². The monoisotopic (exact) mass is 275 g/mol. The number of carbonyl (C=O) groups excluding carboxylic acids is 2. The molecule has 0 spiro atoms. The third-order valence-electron chi connectivity index (χ3n) is 2.07. The van der Waals surface area contributed by atoms with Gasteiger partial charge in [0.15, 0.2) is 0 Å². The highest BCUT2D eigenvalue weighted by Crippen LogP contribution is 2.14. The van der Waals surface area contributed by atoms with Crippen LogP contribution in [0.25, 0.3) is 0 Å². The van der Waals surface area contributed by atoms with Crippen LogP contribution in [-0.4, -0.2) is 31.6 Å². The summed E-state index contributed by atoms with van der Waals surface area (Å²) in [6, 6.07) is 6.09. The van der Waals surface area contributed by atoms with E-state index >= 15 is 0 Å². The zero-order valence-corrected chi connectivity index (χ0v) is 9.87. The summed E-state index contributed by atoms with van der Waals surface area (Å²) in [5.74, 6) is -0.457. The highest BCUT2D eigenvalue weighted by atomic mass is 19.4. The summed E-state index contributed by atoms with van der Waals surface area (Å²) in [5, 5.41) is 2.47. The fourth-order valence-electron chi connectivity index (χ4n) is 1.22. The van der Waals surface area contributed by atoms with Crippen molar-refractivity contribution in [3.63, 3.8) is 0 Å². The third kappa shape index (κ3) is 6.56. The van der Waals surface area contributed by atoms with E-state index in [0.29, 0.717) is 17.5 Å². The first kappa shape index (κ1) is 15.2. The summed E-state index contributed by atoms with van der Waals surface area (Å²) in [6.07, 6.45) is -3.90. The lowest BCUT2D eigenvalue weighted by Crippen LogP contribution is -2.20. The number of hydrogen-bond acceptors (Lipinski definition) is 3. The molecule has 4 nitrogen and oxygen atoms in total. The lowest BCUT2D eigenvalue weighted by atomic mass is 10.2. The van der Waals surface area contributed by atoms with Crippen molar-refractivity contribution in [3.05, 3.63) is 29.8 Å². The minimum Gasteiger partial charge on any atom is -0.372 e. The Morgan fingerprint density at radius 3 is 2.42 bits per heavy atom. The van der Waals surface area contributed by atoms with Gasteiger partial charge in [-0.05, 0) is 24.3 Å². The maximum Gasteiger partial charge on any atom is 0.411 e. The molecule has 0 heterocycles. The van der Waals surface area contributed by atoms with Crippen molar-refractivity contribution < 1.29 is 27.5 Å². The molecule has 104 valence electrons. The van der Waals surface area contributed by atoms with E-state index in [4.69, 9.17) is 0 Å². The van der Waals surface area contributed by atoms with Gasteiger partial charge in [-0.25, -0.2) is 0 Å². The fourth-order valence-corrected chi connectivity index (χ4v) is 1.22. The zero-order chi connectivity index (χ0) is 14.3. The van der Waals surface area contributed by atoms with Crippen LogP contribution >= 0.6 is 0 Å². The Morgan fingerprint density at radius 1 is 1.26 bits per heavy atom. The molecule has 0 saturated carbocycles. The van der Waals surface area contributed by atoms with Crippen molar-refractivity contribution in [1.29, 1.82) is 0 Å². The molecule has 1 amide bonds. The van der Waals surface area contributed by atoms with Crippen LogP contribution in [0.15, 0.2) is 24.3 Å². The number of halogens is 3. The summed E-state index contributed by atoms with van der Waals surface area (Å²) >= 11 is 0. The Bertz CT molecular complexity index is 429. The van der Waals surface area contributed by atoms with Crippen molar-refractivity contribution in [1.82, 2.24) is 0 Å². The van der Waals surface area contributed by atoms with Gasteiger partial charge in [0.2, 0.25) is 5.91 Å². The van der Waals surface area contributed by atoms with Crippen molar-refractivity contribution >= 4 is 17.9 Å². The largest absolute Gasteiger partial charge is 0.411 e. The van der Waals surface area contributed by atoms with E-state index in [2.05, 4.69) is 10.1 Å². The minimum absolute atomic E-state index is 0.175. The average molecular weight is 275 g/mol. The molecule has 1 aromatic carbocycles. The topological polar surface area (TPSA) is 55.4 Å². The van der Waals surface area contributed by atoms with Crippen LogP contribution in [0.1, 0.15) is 16.8 Å². The van der Waals surface area contributed by atoms with E-state index in [1.54, 1.807) is 0 Å². The second-order valence-electron chi connectivity index (χ2n) is 3.71. The molecule has 0 aliphatic carbocycles. The second kappa shape index (κ2) is 6.89. The van der Waals surface area contributed by atoms with Crippen LogP contribution in [-0.2, 0) is 9.53 Å². The first-order valence-electron chi connectivity index (χ1n) is 5.40. The van der Waals surface area contributed by atoms with Gasteiger partial charge < -0.3 is 10.1 Å². The molecule has 0 aliphatic rings. The molecule has 0 atom stereocenters. The first-order chi connectivity index (χ1) is 8.90. The molecule has 0 bridgehead atoms. The van der Waals surface area contributed by atoms with Crippen molar-refractivity contribution in [2.75, 3.05) is 18.5 Å². The highest BCUT2D eigenvalue weighted by molar-refractivity contribution is 5.91. The van der Waals surface area contributed by atoms with Crippen LogP contribution in [0.5, 0.6) is 0 Å². The predicted octanol–water partition coefficient (Wildman–Crippen LogP) is 2.41. The molecule has 7 heteroatoms. The zero-order valence-electron chi connectivity index (χ0n) is 9.87. The Labute approximate surface area is 107 Å². The number of hydrogen-bond donors (Lipinski definition) is 1. The van der Waals surface area contributed by atoms with Crippen LogP contribution in [0.2, 0.25) is 0 Å². The predicted molar refractivity (Wildman–Crippen MR) is 62.0 cm³/mol. The molecule has 0 aliphatic heterocycles. The molecule has 0 saturated heterocycles. The molecule has 0 radical (unpaired) electrons. The molecule has 1 N–H and O–H groups in total. The number of anilines is 1. The highest BCUT2D eigenvalue weighted by Gasteiger charge is 2.27. The van der Waals surface area contributed by atoms with Gasteiger partial charge in [0.05, 0.1) is 13.0 Å². The van der Waals surface area contributed by atoms with Gasteiger partial charge >= 0.3 is 6.18 Å². The van der Waals surface area contributed by atoms with Crippen molar-refractivity contribution in [2.24, 2.45) is 0 Å². The lowest BCUT2D eigenvalue weighted by Gasteiger charge is -2.08. The quantitative estimate of drug-likeness (QED) is 0.640. The standard InChI is InChI=1S/C12H12F3NO3/c13-12(14,15)8-19-6-5-11(18)16-10-3-1-9(7-17)2-4-10/h1-4,7H,5-6,8H2,(H,16,18). The third-order valence-corrected chi connectivity index (χ3v) is 2.07. The number of nitrogens with one attached hydrogen (secondary N) is 1. The van der Waals surface area contributed by atoms with Gasteiger partial charge in [-0.3, -0.25) is 9.59 Å². The van der Waals surface area contributed by atoms with E-state index in [1.807, 2.05) is 0 Å². The average Bonchev–Trinajstić information content (AvgIpc) is 2.34. The Morgan fingerprint density at radius 2 is 1.89 bits per heavy atom. The lowest BCUT2D eigenvalue weighted by molar-refractivity contribution is -0.174. The molecular formula is C12H12F3NO3. The number of amides is 1. The molecule has 0 unspecified atom stereocenters. The van der Waals surface area contributed by atoms with Gasteiger partial charge in [-0.1, -0.05) is 0 Å². The van der Waals surface area contributed by atoms with Crippen LogP contribution < -0.4 is 5.32 Å². The molecule has 19 heavy (non-hydrogen) atoms. The summed E-state index contributed by atoms with van der Waals surface area (Å²) in [5.41, 5.74) is 0.929. The summed E-state index contributed by atoms with van der Waals surface area (Å²) < 4.78 is 39.5. The Kier molecular flexibility index (Phi) is 5.50. The normalized spacial score (nSPS) is 11.1. The van der Waals surface area contributed by atoms with Gasteiger partial charge in [0, 0.05) is 11.3 Å². The number of carbonyl (C=O) groups is 2. The SMILES string of the molecule is O=Cc1ccc(NC(=O)CCOCC(F)(F)F)cc1. The minimum atomic E-state index is -4.39. The first-order valence-corrected chi connectivity index (χ1v) is 5.40. The van der Waals surface area contributed by atoms with Gasteiger partial charge in [-0.15, -0.1) is 0 Å². The summed E-state index contributed by atoms with van der Waals surface area (Å²) in [6.45, 7) is -1.67. The van der Waals surface area contributed by atoms with Crippen molar-refractivity contribution in [3.8, 4) is 0 Å². The van der Waals surface area contributed by atoms with E-state index < -0.39 is 18.7 Å².